The van der Waals surface area contributed by atoms with Crippen molar-refractivity contribution in [3.63, 3.8) is 0 Å². The third-order valence-electron chi connectivity index (χ3n) is 2.54. The number of aromatic nitrogens is 2. The van der Waals surface area contributed by atoms with Crippen LogP contribution < -0.4 is 9.64 Å². The average Bonchev–Trinajstić information content (AvgIpc) is 2.39. The SMILES string of the molecule is c1ccc(N2COc3cccnc3C2)nc1. The molecule has 4 nitrogen and oxygen atoms in total. The van der Waals surface area contributed by atoms with Crippen molar-refractivity contribution in [3.8, 4) is 5.75 Å². The summed E-state index contributed by atoms with van der Waals surface area (Å²) in [6.07, 6.45) is 3.56. The molecule has 0 aromatic carbocycles. The molecule has 0 saturated carbocycles. The Kier molecular flexibility index (Phi) is 2.18. The van der Waals surface area contributed by atoms with Crippen molar-refractivity contribution < 1.29 is 4.74 Å². The van der Waals surface area contributed by atoms with E-state index in [4.69, 9.17) is 4.74 Å². The summed E-state index contributed by atoms with van der Waals surface area (Å²) in [5, 5.41) is 0. The zero-order valence-electron chi connectivity index (χ0n) is 8.71. The summed E-state index contributed by atoms with van der Waals surface area (Å²) in [5.74, 6) is 1.79. The summed E-state index contributed by atoms with van der Waals surface area (Å²) in [6, 6.07) is 9.67. The molecule has 0 unspecified atom stereocenters. The van der Waals surface area contributed by atoms with Gasteiger partial charge < -0.3 is 9.64 Å². The van der Waals surface area contributed by atoms with Gasteiger partial charge in [-0.05, 0) is 24.3 Å². The molecular formula is C12H11N3O. The maximum Gasteiger partial charge on any atom is 0.163 e. The molecule has 0 N–H and O–H groups in total. The van der Waals surface area contributed by atoms with E-state index in [0.29, 0.717) is 6.73 Å². The van der Waals surface area contributed by atoms with Crippen LogP contribution in [-0.2, 0) is 6.54 Å². The van der Waals surface area contributed by atoms with Gasteiger partial charge >= 0.3 is 0 Å². The lowest BCUT2D eigenvalue weighted by molar-refractivity contribution is 0.285. The Bertz CT molecular complexity index is 487. The molecule has 0 atom stereocenters. The van der Waals surface area contributed by atoms with Crippen LogP contribution in [0, 0.1) is 0 Å². The third kappa shape index (κ3) is 1.58. The first-order chi connectivity index (χ1) is 7.93. The number of hydrogen-bond acceptors (Lipinski definition) is 4. The molecule has 3 heterocycles. The Morgan fingerprint density at radius 1 is 1.06 bits per heavy atom. The van der Waals surface area contributed by atoms with E-state index in [9.17, 15) is 0 Å². The summed E-state index contributed by atoms with van der Waals surface area (Å²) in [7, 11) is 0. The molecule has 0 aliphatic carbocycles. The van der Waals surface area contributed by atoms with Crippen LogP contribution in [0.2, 0.25) is 0 Å². The Balaban J connectivity index is 1.89. The topological polar surface area (TPSA) is 38.2 Å². The molecule has 0 radical (unpaired) electrons. The van der Waals surface area contributed by atoms with Crippen molar-refractivity contribution in [1.82, 2.24) is 9.97 Å². The Hall–Kier alpha value is -2.10. The van der Waals surface area contributed by atoms with Crippen LogP contribution in [0.15, 0.2) is 42.7 Å². The van der Waals surface area contributed by atoms with Crippen molar-refractivity contribution in [1.29, 1.82) is 0 Å². The Morgan fingerprint density at radius 2 is 2.00 bits per heavy atom. The number of fused-ring (bicyclic) bond motifs is 1. The lowest BCUT2D eigenvalue weighted by Crippen LogP contribution is -2.32. The average molecular weight is 213 g/mol. The van der Waals surface area contributed by atoms with Crippen molar-refractivity contribution in [2.75, 3.05) is 11.6 Å². The highest BCUT2D eigenvalue weighted by molar-refractivity contribution is 5.42. The smallest absolute Gasteiger partial charge is 0.163 e. The van der Waals surface area contributed by atoms with Gasteiger partial charge in [0.05, 0.1) is 6.54 Å². The van der Waals surface area contributed by atoms with Gasteiger partial charge in [-0.15, -0.1) is 0 Å². The van der Waals surface area contributed by atoms with Gasteiger partial charge in [0.15, 0.2) is 6.73 Å². The molecule has 80 valence electrons. The first-order valence-corrected chi connectivity index (χ1v) is 5.16. The highest BCUT2D eigenvalue weighted by Crippen LogP contribution is 2.24. The molecule has 0 saturated heterocycles. The molecule has 0 fully saturated rings. The molecule has 4 heteroatoms. The van der Waals surface area contributed by atoms with Gasteiger partial charge in [0.1, 0.15) is 17.3 Å². The lowest BCUT2D eigenvalue weighted by Gasteiger charge is -2.28. The number of ether oxygens (including phenoxy) is 1. The molecule has 16 heavy (non-hydrogen) atoms. The van der Waals surface area contributed by atoms with Crippen molar-refractivity contribution in [2.45, 2.75) is 6.54 Å². The largest absolute Gasteiger partial charge is 0.471 e. The Labute approximate surface area is 93.5 Å². The van der Waals surface area contributed by atoms with Crippen molar-refractivity contribution in [3.05, 3.63) is 48.4 Å². The van der Waals surface area contributed by atoms with Crippen LogP contribution in [0.5, 0.6) is 5.75 Å². The van der Waals surface area contributed by atoms with E-state index in [1.54, 1.807) is 12.4 Å². The predicted octanol–water partition coefficient (Wildman–Crippen LogP) is 1.83. The van der Waals surface area contributed by atoms with E-state index in [1.165, 1.54) is 0 Å². The van der Waals surface area contributed by atoms with E-state index in [0.717, 1.165) is 23.8 Å². The van der Waals surface area contributed by atoms with E-state index in [2.05, 4.69) is 14.9 Å². The van der Waals surface area contributed by atoms with Gasteiger partial charge in [-0.2, -0.15) is 0 Å². The minimum Gasteiger partial charge on any atom is -0.471 e. The van der Waals surface area contributed by atoms with Gasteiger partial charge in [0.2, 0.25) is 0 Å². The van der Waals surface area contributed by atoms with Gasteiger partial charge in [0, 0.05) is 12.4 Å². The fraction of sp³-hybridized carbons (Fsp3) is 0.167. The molecule has 1 aliphatic heterocycles. The highest BCUT2D eigenvalue weighted by Gasteiger charge is 2.18. The van der Waals surface area contributed by atoms with Gasteiger partial charge in [-0.1, -0.05) is 6.07 Å². The molecular weight excluding hydrogens is 202 g/mol. The lowest BCUT2D eigenvalue weighted by atomic mass is 10.3. The summed E-state index contributed by atoms with van der Waals surface area (Å²) in [5.41, 5.74) is 0.958. The predicted molar refractivity (Wildman–Crippen MR) is 60.2 cm³/mol. The molecule has 0 amide bonds. The fourth-order valence-electron chi connectivity index (χ4n) is 1.74. The molecule has 0 spiro atoms. The molecule has 3 rings (SSSR count). The maximum atomic E-state index is 5.61. The normalized spacial score (nSPS) is 14.1. The van der Waals surface area contributed by atoms with E-state index in [-0.39, 0.29) is 0 Å². The molecule has 2 aromatic rings. The van der Waals surface area contributed by atoms with Crippen molar-refractivity contribution >= 4 is 5.82 Å². The zero-order valence-corrected chi connectivity index (χ0v) is 8.71. The van der Waals surface area contributed by atoms with Crippen LogP contribution in [0.25, 0.3) is 0 Å². The fourth-order valence-corrected chi connectivity index (χ4v) is 1.74. The van der Waals surface area contributed by atoms with Crippen LogP contribution in [-0.4, -0.2) is 16.7 Å². The molecule has 1 aliphatic rings. The number of rotatable bonds is 1. The first-order valence-electron chi connectivity index (χ1n) is 5.16. The molecule has 2 aromatic heterocycles. The van der Waals surface area contributed by atoms with Crippen LogP contribution in [0.1, 0.15) is 5.69 Å². The maximum absolute atomic E-state index is 5.61. The summed E-state index contributed by atoms with van der Waals surface area (Å²) >= 11 is 0. The summed E-state index contributed by atoms with van der Waals surface area (Å²) in [4.78, 5) is 10.6. The monoisotopic (exact) mass is 213 g/mol. The van der Waals surface area contributed by atoms with Crippen LogP contribution >= 0.6 is 0 Å². The highest BCUT2D eigenvalue weighted by atomic mass is 16.5. The van der Waals surface area contributed by atoms with Gasteiger partial charge in [-0.3, -0.25) is 4.98 Å². The number of nitrogens with zero attached hydrogens (tertiary/aromatic N) is 3. The second kappa shape index (κ2) is 3.81. The quantitative estimate of drug-likeness (QED) is 0.724. The number of anilines is 1. The first kappa shape index (κ1) is 9.15. The van der Waals surface area contributed by atoms with Crippen LogP contribution in [0.4, 0.5) is 5.82 Å². The second-order valence-electron chi connectivity index (χ2n) is 3.61. The van der Waals surface area contributed by atoms with E-state index >= 15 is 0 Å². The number of pyridine rings is 2. The van der Waals surface area contributed by atoms with Gasteiger partial charge in [-0.25, -0.2) is 4.98 Å². The summed E-state index contributed by atoms with van der Waals surface area (Å²) in [6.45, 7) is 1.27. The van der Waals surface area contributed by atoms with Crippen LogP contribution in [0.3, 0.4) is 0 Å². The minimum absolute atomic E-state index is 0.524. The molecule has 0 bridgehead atoms. The van der Waals surface area contributed by atoms with Crippen molar-refractivity contribution in [2.24, 2.45) is 0 Å². The zero-order chi connectivity index (χ0) is 10.8. The Morgan fingerprint density at radius 3 is 2.88 bits per heavy atom. The summed E-state index contributed by atoms with van der Waals surface area (Å²) < 4.78 is 5.61. The van der Waals surface area contributed by atoms with E-state index in [1.807, 2.05) is 30.3 Å². The number of hydrogen-bond donors (Lipinski definition) is 0. The third-order valence-corrected chi connectivity index (χ3v) is 2.54. The van der Waals surface area contributed by atoms with Gasteiger partial charge in [0.25, 0.3) is 0 Å². The van der Waals surface area contributed by atoms with E-state index < -0.39 is 0 Å². The standard InChI is InChI=1S/C12H11N3O/c1-2-6-14-12(5-1)15-8-10-11(16-9-15)4-3-7-13-10/h1-7H,8-9H2. The second-order valence-corrected chi connectivity index (χ2v) is 3.61. The minimum atomic E-state index is 0.524.